The Morgan fingerprint density at radius 2 is 1.88 bits per heavy atom. The zero-order chi connectivity index (χ0) is 35.1. The number of aliphatic hydroxyl groups is 1. The number of aromatic nitrogens is 1. The van der Waals surface area contributed by atoms with E-state index in [0.717, 1.165) is 28.5 Å². The molecule has 0 radical (unpaired) electrons. The van der Waals surface area contributed by atoms with Crippen molar-refractivity contribution < 1.29 is 32.5 Å². The molecular weight excluding hydrogens is 667 g/mol. The van der Waals surface area contributed by atoms with Gasteiger partial charge in [0.2, 0.25) is 10.0 Å². The summed E-state index contributed by atoms with van der Waals surface area (Å²) in [6.45, 7) is 12.4. The molecule has 14 heteroatoms. The lowest BCUT2D eigenvalue weighted by molar-refractivity contribution is -0.180. The number of fused-ring (bicyclic) bond motifs is 2. The van der Waals surface area contributed by atoms with Crippen molar-refractivity contribution in [2.45, 2.75) is 82.9 Å². The van der Waals surface area contributed by atoms with Gasteiger partial charge in [0, 0.05) is 32.1 Å². The summed E-state index contributed by atoms with van der Waals surface area (Å²) in [5.74, 6) is 0.250. The summed E-state index contributed by atoms with van der Waals surface area (Å²) in [5, 5.41) is 22.1. The number of aliphatic hydroxyl groups excluding tert-OH is 1. The summed E-state index contributed by atoms with van der Waals surface area (Å²) in [4.78, 5) is 18.2. The third-order valence-corrected chi connectivity index (χ3v) is 11.5. The number of benzene rings is 2. The summed E-state index contributed by atoms with van der Waals surface area (Å²) in [7, 11) is -4.03. The fourth-order valence-electron chi connectivity index (χ4n) is 6.36. The molecule has 2 fully saturated rings. The SMILES string of the molecule is CCN[C@H]1CO[C@@H]2OCCC(OC(=O)N[C@@H](Cc3ccccc3)[C@H](O)CN(CC(C)C)S(=O)(=O)c3ccc4nc(NCC(C)C)sc4c3)[C@@H]21. The first-order valence-electron chi connectivity index (χ1n) is 17.2. The van der Waals surface area contributed by atoms with Crippen LogP contribution in [-0.2, 0) is 30.7 Å². The summed E-state index contributed by atoms with van der Waals surface area (Å²) in [6, 6.07) is 13.6. The number of alkyl carbamates (subject to hydrolysis) is 1. The second-order valence-electron chi connectivity index (χ2n) is 13.7. The zero-order valence-electron chi connectivity index (χ0n) is 29.0. The number of carbonyl (C=O) groups is 1. The van der Waals surface area contributed by atoms with Gasteiger partial charge in [0.15, 0.2) is 11.4 Å². The van der Waals surface area contributed by atoms with Gasteiger partial charge in [-0.25, -0.2) is 18.2 Å². The molecule has 5 rings (SSSR count). The van der Waals surface area contributed by atoms with Crippen LogP contribution >= 0.6 is 11.3 Å². The van der Waals surface area contributed by atoms with Gasteiger partial charge in [0.1, 0.15) is 6.10 Å². The van der Waals surface area contributed by atoms with E-state index in [1.165, 1.54) is 15.6 Å². The van der Waals surface area contributed by atoms with Crippen LogP contribution in [0.4, 0.5) is 9.93 Å². The molecule has 0 aliphatic carbocycles. The van der Waals surface area contributed by atoms with Crippen LogP contribution in [0, 0.1) is 17.8 Å². The molecule has 0 saturated carbocycles. The normalized spacial score (nSPS) is 22.4. The molecule has 49 heavy (non-hydrogen) atoms. The standard InChI is InChI=1S/C35H51N5O7S2/c1-6-36-28-21-46-33-32(28)30(14-15-45-33)47-35(42)39-27(16-24-10-8-7-9-11-24)29(41)20-40(19-23(4)5)49(43,44)25-12-13-26-31(17-25)48-34(38-26)37-18-22(2)3/h7-13,17,22-23,27-30,32-33,36,41H,6,14-16,18-21H2,1-5H3,(H,37,38)(H,39,42)/t27-,28-,29+,30?,32-,33-/m0/s1. The Labute approximate surface area is 294 Å². The van der Waals surface area contributed by atoms with Crippen molar-refractivity contribution in [1.29, 1.82) is 0 Å². The highest BCUT2D eigenvalue weighted by Gasteiger charge is 2.47. The van der Waals surface area contributed by atoms with Gasteiger partial charge in [-0.05, 0) is 48.6 Å². The van der Waals surface area contributed by atoms with Crippen LogP contribution in [0.5, 0.6) is 0 Å². The van der Waals surface area contributed by atoms with Crippen LogP contribution in [-0.4, -0.2) is 98.9 Å². The Hall–Kier alpha value is -2.85. The molecule has 6 atom stereocenters. The molecule has 2 saturated heterocycles. The van der Waals surface area contributed by atoms with Gasteiger partial charge < -0.3 is 35.3 Å². The highest BCUT2D eigenvalue weighted by atomic mass is 32.2. The molecule has 0 bridgehead atoms. The number of anilines is 1. The molecule has 2 aliphatic rings. The first-order chi connectivity index (χ1) is 23.4. The number of nitrogens with zero attached hydrogens (tertiary/aromatic N) is 2. The first-order valence-corrected chi connectivity index (χ1v) is 19.5. The second-order valence-corrected chi connectivity index (χ2v) is 16.7. The highest BCUT2D eigenvalue weighted by Crippen LogP contribution is 2.33. The molecule has 2 aliphatic heterocycles. The Morgan fingerprint density at radius 3 is 2.59 bits per heavy atom. The van der Waals surface area contributed by atoms with Crippen LogP contribution < -0.4 is 16.0 Å². The number of hydrogen-bond donors (Lipinski definition) is 4. The predicted molar refractivity (Wildman–Crippen MR) is 191 cm³/mol. The predicted octanol–water partition coefficient (Wildman–Crippen LogP) is 4.45. The molecule has 2 aromatic carbocycles. The van der Waals surface area contributed by atoms with Gasteiger partial charge in [-0.1, -0.05) is 76.3 Å². The van der Waals surface area contributed by atoms with Crippen molar-refractivity contribution in [2.75, 3.05) is 44.7 Å². The zero-order valence-corrected chi connectivity index (χ0v) is 30.6. The molecule has 4 N–H and O–H groups in total. The number of thiazole rings is 1. The van der Waals surface area contributed by atoms with E-state index in [-0.39, 0.29) is 42.3 Å². The minimum Gasteiger partial charge on any atom is -0.446 e. The summed E-state index contributed by atoms with van der Waals surface area (Å²) >= 11 is 1.41. The number of nitrogens with one attached hydrogen (secondary N) is 3. The van der Waals surface area contributed by atoms with E-state index in [1.54, 1.807) is 18.2 Å². The maximum Gasteiger partial charge on any atom is 0.407 e. The largest absolute Gasteiger partial charge is 0.446 e. The Kier molecular flexibility index (Phi) is 12.9. The average molecular weight is 718 g/mol. The van der Waals surface area contributed by atoms with E-state index >= 15 is 0 Å². The number of amides is 1. The van der Waals surface area contributed by atoms with Gasteiger partial charge >= 0.3 is 6.09 Å². The minimum absolute atomic E-state index is 0.0133. The number of rotatable bonds is 16. The van der Waals surface area contributed by atoms with E-state index in [1.807, 2.05) is 51.1 Å². The number of hydrogen-bond acceptors (Lipinski definition) is 11. The molecule has 1 amide bonds. The van der Waals surface area contributed by atoms with Crippen molar-refractivity contribution in [3.05, 3.63) is 54.1 Å². The number of ether oxygens (including phenoxy) is 3. The quantitative estimate of drug-likeness (QED) is 0.167. The molecule has 1 unspecified atom stereocenters. The lowest BCUT2D eigenvalue weighted by Gasteiger charge is -2.35. The first kappa shape index (κ1) is 37.4. The van der Waals surface area contributed by atoms with Crippen LogP contribution in [0.2, 0.25) is 0 Å². The van der Waals surface area contributed by atoms with Gasteiger partial charge in [-0.3, -0.25) is 0 Å². The molecule has 12 nitrogen and oxygen atoms in total. The fraction of sp³-hybridized carbons (Fsp3) is 0.600. The average Bonchev–Trinajstić information content (AvgIpc) is 3.67. The number of likely N-dealkylation sites (N-methyl/N-ethyl adjacent to an activating group) is 1. The fourth-order valence-corrected chi connectivity index (χ4v) is 9.00. The molecule has 270 valence electrons. The Balaban J connectivity index is 1.34. The maximum atomic E-state index is 14.2. The van der Waals surface area contributed by atoms with E-state index in [0.29, 0.717) is 31.1 Å². The van der Waals surface area contributed by atoms with E-state index in [2.05, 4.69) is 34.8 Å². The second kappa shape index (κ2) is 16.9. The third kappa shape index (κ3) is 9.69. The number of sulfonamides is 1. The maximum absolute atomic E-state index is 14.2. The lowest BCUT2D eigenvalue weighted by atomic mass is 9.91. The molecular formula is C35H51N5O7S2. The van der Waals surface area contributed by atoms with Crippen molar-refractivity contribution >= 4 is 42.8 Å². The van der Waals surface area contributed by atoms with E-state index < -0.39 is 40.7 Å². The molecule has 3 aromatic rings. The smallest absolute Gasteiger partial charge is 0.407 e. The molecule has 3 heterocycles. The summed E-state index contributed by atoms with van der Waals surface area (Å²) < 4.78 is 48.0. The van der Waals surface area contributed by atoms with Gasteiger partial charge in [-0.2, -0.15) is 4.31 Å². The van der Waals surface area contributed by atoms with Crippen LogP contribution in [0.25, 0.3) is 10.2 Å². The molecule has 0 spiro atoms. The Morgan fingerprint density at radius 1 is 1.10 bits per heavy atom. The van der Waals surface area contributed by atoms with Crippen molar-refractivity contribution in [3.63, 3.8) is 0 Å². The van der Waals surface area contributed by atoms with Crippen LogP contribution in [0.1, 0.15) is 46.6 Å². The van der Waals surface area contributed by atoms with E-state index in [9.17, 15) is 18.3 Å². The Bertz CT molecular complexity index is 1620. The topological polar surface area (TPSA) is 151 Å². The van der Waals surface area contributed by atoms with Gasteiger partial charge in [-0.15, -0.1) is 0 Å². The molecule has 1 aromatic heterocycles. The van der Waals surface area contributed by atoms with Crippen molar-refractivity contribution in [1.82, 2.24) is 19.9 Å². The van der Waals surface area contributed by atoms with Gasteiger partial charge in [0.05, 0.1) is 46.4 Å². The van der Waals surface area contributed by atoms with Crippen molar-refractivity contribution in [3.8, 4) is 0 Å². The van der Waals surface area contributed by atoms with Crippen LogP contribution in [0.15, 0.2) is 53.4 Å². The third-order valence-electron chi connectivity index (χ3n) is 8.74. The van der Waals surface area contributed by atoms with Crippen LogP contribution in [0.3, 0.4) is 0 Å². The summed E-state index contributed by atoms with van der Waals surface area (Å²) in [5.41, 5.74) is 1.60. The highest BCUT2D eigenvalue weighted by molar-refractivity contribution is 7.89. The summed E-state index contributed by atoms with van der Waals surface area (Å²) in [6.07, 6.45) is -2.03. The van der Waals surface area contributed by atoms with Crippen molar-refractivity contribution in [2.24, 2.45) is 17.8 Å². The van der Waals surface area contributed by atoms with Gasteiger partial charge in [0.25, 0.3) is 0 Å². The minimum atomic E-state index is -4.03. The lowest BCUT2D eigenvalue weighted by Crippen LogP contribution is -2.53. The monoisotopic (exact) mass is 717 g/mol. The van der Waals surface area contributed by atoms with E-state index in [4.69, 9.17) is 14.2 Å². The number of carbonyl (C=O) groups excluding carboxylic acids is 1.